The highest BCUT2D eigenvalue weighted by atomic mass is 16.6. The van der Waals surface area contributed by atoms with E-state index in [4.69, 9.17) is 28.4 Å². The molecule has 12 heteroatoms. The first-order chi connectivity index (χ1) is 22.0. The summed E-state index contributed by atoms with van der Waals surface area (Å²) >= 11 is 0. The van der Waals surface area contributed by atoms with Crippen molar-refractivity contribution in [3.63, 3.8) is 0 Å². The van der Waals surface area contributed by atoms with Crippen LogP contribution in [0.25, 0.3) is 0 Å². The SMILES string of the molecule is CCN1C[C@@]2(COC)[C@H]3[C@@H](OC)[C@H]4[C@@H]1[C@]3([C@@H](OC)C[C@H]2OC(C)=O)[C@@H]1C[C@@]2(O)[C@H](OC(=O)c3ccccc3)[C@@H]1[C@]4(O)[C@@H](O)[C@@H]2OC. The van der Waals surface area contributed by atoms with Gasteiger partial charge in [-0.15, -0.1) is 0 Å². The number of rotatable bonds is 9. The number of piperidine rings is 1. The fourth-order valence-corrected chi connectivity index (χ4v) is 12.2. The van der Waals surface area contributed by atoms with Crippen molar-refractivity contribution in [1.29, 1.82) is 0 Å². The average molecular weight is 646 g/mol. The maximum Gasteiger partial charge on any atom is 0.338 e. The predicted octanol–water partition coefficient (Wildman–Crippen LogP) is 0.648. The van der Waals surface area contributed by atoms with Crippen molar-refractivity contribution in [1.82, 2.24) is 4.90 Å². The van der Waals surface area contributed by atoms with Crippen LogP contribution in [0.1, 0.15) is 37.0 Å². The number of hydrogen-bond donors (Lipinski definition) is 3. The van der Waals surface area contributed by atoms with E-state index < -0.39 is 88.3 Å². The third kappa shape index (κ3) is 3.67. The molecule has 5 saturated carbocycles. The minimum absolute atomic E-state index is 0.0805. The van der Waals surface area contributed by atoms with Crippen LogP contribution in [-0.2, 0) is 33.2 Å². The molecule has 46 heavy (non-hydrogen) atoms. The van der Waals surface area contributed by atoms with Crippen molar-refractivity contribution in [2.45, 2.75) is 80.6 Å². The van der Waals surface area contributed by atoms with Crippen molar-refractivity contribution in [3.05, 3.63) is 35.9 Å². The highest BCUT2D eigenvalue weighted by Gasteiger charge is 2.91. The van der Waals surface area contributed by atoms with Crippen molar-refractivity contribution in [2.24, 2.45) is 34.5 Å². The summed E-state index contributed by atoms with van der Waals surface area (Å²) in [5, 5.41) is 38.1. The summed E-state index contributed by atoms with van der Waals surface area (Å²) in [6, 6.07) is 8.19. The Labute approximate surface area is 269 Å². The highest BCUT2D eigenvalue weighted by Crippen LogP contribution is 2.80. The van der Waals surface area contributed by atoms with E-state index in [9.17, 15) is 24.9 Å². The number of carbonyl (C=O) groups excluding carboxylic acids is 2. The Morgan fingerprint density at radius 2 is 1.67 bits per heavy atom. The van der Waals surface area contributed by atoms with E-state index in [0.29, 0.717) is 25.1 Å². The molecule has 254 valence electrons. The number of hydrogen-bond acceptors (Lipinski definition) is 12. The van der Waals surface area contributed by atoms with Crippen LogP contribution in [0.4, 0.5) is 0 Å². The van der Waals surface area contributed by atoms with Gasteiger partial charge in [0, 0.05) is 83.0 Å². The van der Waals surface area contributed by atoms with Crippen LogP contribution in [0.5, 0.6) is 0 Å². The van der Waals surface area contributed by atoms with Gasteiger partial charge in [0.05, 0.1) is 24.4 Å². The van der Waals surface area contributed by atoms with Crippen LogP contribution in [0.3, 0.4) is 0 Å². The number of likely N-dealkylation sites (tertiary alicyclic amines) is 1. The summed E-state index contributed by atoms with van der Waals surface area (Å²) in [5.41, 5.74) is -4.94. The lowest BCUT2D eigenvalue weighted by atomic mass is 9.42. The van der Waals surface area contributed by atoms with Crippen molar-refractivity contribution in [3.8, 4) is 0 Å². The number of benzene rings is 1. The second kappa shape index (κ2) is 10.9. The van der Waals surface area contributed by atoms with E-state index in [-0.39, 0.29) is 25.0 Å². The molecule has 0 aromatic heterocycles. The summed E-state index contributed by atoms with van der Waals surface area (Å²) in [5.74, 6) is -3.51. The first-order valence-electron chi connectivity index (χ1n) is 16.3. The lowest BCUT2D eigenvalue weighted by molar-refractivity contribution is -0.320. The smallest absolute Gasteiger partial charge is 0.338 e. The lowest BCUT2D eigenvalue weighted by Gasteiger charge is -2.70. The average Bonchev–Trinajstić information content (AvgIpc) is 3.42. The maximum absolute atomic E-state index is 13.6. The number of esters is 2. The number of ether oxygens (including phenoxy) is 6. The number of aliphatic hydroxyl groups excluding tert-OH is 1. The Balaban J connectivity index is 1.48. The molecule has 5 aliphatic carbocycles. The van der Waals surface area contributed by atoms with Crippen LogP contribution >= 0.6 is 0 Å². The maximum atomic E-state index is 13.6. The molecule has 1 aliphatic heterocycles. The molecule has 1 heterocycles. The molecule has 3 N–H and O–H groups in total. The molecule has 0 unspecified atom stereocenters. The Morgan fingerprint density at radius 3 is 2.26 bits per heavy atom. The number of aliphatic hydroxyl groups is 3. The molecule has 6 fully saturated rings. The first-order valence-corrected chi connectivity index (χ1v) is 16.3. The molecule has 0 amide bonds. The summed E-state index contributed by atoms with van der Waals surface area (Å²) < 4.78 is 37.0. The number of methoxy groups -OCH3 is 4. The van der Waals surface area contributed by atoms with Crippen molar-refractivity contribution in [2.75, 3.05) is 48.1 Å². The fourth-order valence-electron chi connectivity index (χ4n) is 12.2. The van der Waals surface area contributed by atoms with E-state index in [1.54, 1.807) is 51.7 Å². The van der Waals surface area contributed by atoms with E-state index in [0.717, 1.165) is 0 Å². The Kier molecular flexibility index (Phi) is 7.69. The normalized spacial score (nSPS) is 49.9. The first kappa shape index (κ1) is 32.4. The Morgan fingerprint density at radius 1 is 0.957 bits per heavy atom. The van der Waals surface area contributed by atoms with Crippen LogP contribution in [0.2, 0.25) is 0 Å². The quantitative estimate of drug-likeness (QED) is 0.323. The summed E-state index contributed by atoms with van der Waals surface area (Å²) in [4.78, 5) is 28.5. The highest BCUT2D eigenvalue weighted by molar-refractivity contribution is 5.89. The van der Waals surface area contributed by atoms with E-state index in [1.807, 2.05) is 6.92 Å². The molecule has 1 spiro atoms. The van der Waals surface area contributed by atoms with Gasteiger partial charge < -0.3 is 43.7 Å². The molecule has 7 bridgehead atoms. The van der Waals surface area contributed by atoms with Gasteiger partial charge in [0.15, 0.2) is 0 Å². The van der Waals surface area contributed by atoms with Gasteiger partial charge in [0.1, 0.15) is 35.6 Å². The molecule has 1 aromatic rings. The molecular formula is C34H47NO11. The number of carbonyl (C=O) groups is 2. The third-order valence-corrected chi connectivity index (χ3v) is 13.2. The molecule has 6 aliphatic rings. The van der Waals surface area contributed by atoms with Gasteiger partial charge in [0.25, 0.3) is 0 Å². The van der Waals surface area contributed by atoms with Gasteiger partial charge in [-0.2, -0.15) is 0 Å². The molecule has 1 aromatic carbocycles. The zero-order chi connectivity index (χ0) is 33.0. The summed E-state index contributed by atoms with van der Waals surface area (Å²) in [7, 11) is 6.27. The van der Waals surface area contributed by atoms with E-state index in [1.165, 1.54) is 14.0 Å². The van der Waals surface area contributed by atoms with Gasteiger partial charge in [0.2, 0.25) is 0 Å². The molecule has 1 saturated heterocycles. The second-order valence-corrected chi connectivity index (χ2v) is 14.4. The molecule has 15 atom stereocenters. The van der Waals surface area contributed by atoms with Crippen LogP contribution < -0.4 is 0 Å². The van der Waals surface area contributed by atoms with E-state index >= 15 is 0 Å². The zero-order valence-electron chi connectivity index (χ0n) is 27.3. The van der Waals surface area contributed by atoms with Gasteiger partial charge in [-0.25, -0.2) is 4.79 Å². The largest absolute Gasteiger partial charge is 0.462 e. The monoisotopic (exact) mass is 645 g/mol. The fraction of sp³-hybridized carbons (Fsp3) is 0.765. The molecule has 0 radical (unpaired) electrons. The summed E-state index contributed by atoms with van der Waals surface area (Å²) in [6.45, 7) is 4.79. The Bertz CT molecular complexity index is 1360. The molecule has 7 rings (SSSR count). The molecule has 12 nitrogen and oxygen atoms in total. The van der Waals surface area contributed by atoms with Crippen molar-refractivity contribution < 1.29 is 53.3 Å². The zero-order valence-corrected chi connectivity index (χ0v) is 27.3. The van der Waals surface area contributed by atoms with Crippen molar-refractivity contribution >= 4 is 11.9 Å². The van der Waals surface area contributed by atoms with Gasteiger partial charge >= 0.3 is 11.9 Å². The van der Waals surface area contributed by atoms with E-state index in [2.05, 4.69) is 4.90 Å². The minimum Gasteiger partial charge on any atom is -0.462 e. The standard InChI is InChI=1S/C34H47NO11/c1-7-35-15-31(16-41-3)20(45-17(2)36)13-21(42-4)33-19-14-32(39)28(46-30(38)18-11-9-8-10-12-18)22(19)34(40,27(37)29(32)44-6)23(26(33)35)24(43-5)25(31)33/h8-12,19-29,37,39-40H,7,13-16H2,1-6H3/t19-,20-,21+,22-,23+,24+,25-,26-,27+,28-,29+,31+,32-,33+,34-/m1/s1. The van der Waals surface area contributed by atoms with Crippen LogP contribution in [-0.4, -0.2) is 134 Å². The predicted molar refractivity (Wildman–Crippen MR) is 160 cm³/mol. The Hall–Kier alpha value is -2.16. The van der Waals surface area contributed by atoms with Gasteiger partial charge in [-0.1, -0.05) is 25.1 Å². The number of nitrogens with zero attached hydrogens (tertiary/aromatic N) is 1. The number of fused-ring (bicyclic) bond motifs is 2. The second-order valence-electron chi connectivity index (χ2n) is 14.4. The summed E-state index contributed by atoms with van der Waals surface area (Å²) in [6.07, 6.45) is -5.23. The minimum atomic E-state index is -1.89. The van der Waals surface area contributed by atoms with Crippen LogP contribution in [0.15, 0.2) is 30.3 Å². The lowest BCUT2D eigenvalue weighted by Crippen LogP contribution is -2.81. The third-order valence-electron chi connectivity index (χ3n) is 13.2. The van der Waals surface area contributed by atoms with Gasteiger partial charge in [-0.05, 0) is 31.0 Å². The molecular weight excluding hydrogens is 598 g/mol. The van der Waals surface area contributed by atoms with Crippen LogP contribution in [0, 0.1) is 34.5 Å². The topological polar surface area (TPSA) is 153 Å². The van der Waals surface area contributed by atoms with Gasteiger partial charge in [-0.3, -0.25) is 9.69 Å².